The average molecular weight is 334 g/mol. The molecule has 0 radical (unpaired) electrons. The van der Waals surface area contributed by atoms with Crippen LogP contribution in [0, 0.1) is 0 Å². The summed E-state index contributed by atoms with van der Waals surface area (Å²) in [5.41, 5.74) is 1.73. The van der Waals surface area contributed by atoms with E-state index in [9.17, 15) is 4.79 Å². The minimum Gasteiger partial charge on any atom is -0.497 e. The van der Waals surface area contributed by atoms with E-state index in [1.807, 2.05) is 55.3 Å². The van der Waals surface area contributed by atoms with E-state index >= 15 is 0 Å². The highest BCUT2D eigenvalue weighted by Crippen LogP contribution is 2.23. The van der Waals surface area contributed by atoms with E-state index in [1.54, 1.807) is 13.2 Å². The summed E-state index contributed by atoms with van der Waals surface area (Å²) < 4.78 is 5.19. The summed E-state index contributed by atoms with van der Waals surface area (Å²) in [6, 6.07) is 21.5. The van der Waals surface area contributed by atoms with Crippen molar-refractivity contribution in [2.75, 3.05) is 24.4 Å². The van der Waals surface area contributed by atoms with Crippen LogP contribution in [0.1, 0.15) is 6.92 Å². The molecule has 4 nitrogen and oxygen atoms in total. The Hall–Kier alpha value is -3.01. The molecule has 3 aromatic rings. The number of carbonyl (C=O) groups excluding carboxylic acids is 1. The van der Waals surface area contributed by atoms with Crippen LogP contribution >= 0.6 is 0 Å². The topological polar surface area (TPSA) is 41.6 Å². The molecule has 1 atom stereocenters. The lowest BCUT2D eigenvalue weighted by molar-refractivity contribution is -0.117. The van der Waals surface area contributed by atoms with Crippen LogP contribution in [0.4, 0.5) is 11.4 Å². The normalized spacial score (nSPS) is 11.8. The predicted molar refractivity (Wildman–Crippen MR) is 103 cm³/mol. The lowest BCUT2D eigenvalue weighted by Gasteiger charge is -2.26. The van der Waals surface area contributed by atoms with Crippen molar-refractivity contribution in [2.24, 2.45) is 0 Å². The van der Waals surface area contributed by atoms with Gasteiger partial charge in [-0.15, -0.1) is 0 Å². The van der Waals surface area contributed by atoms with Crippen LogP contribution in [0.2, 0.25) is 0 Å². The van der Waals surface area contributed by atoms with Gasteiger partial charge in [-0.2, -0.15) is 0 Å². The maximum atomic E-state index is 12.6. The third-order valence-electron chi connectivity index (χ3n) is 4.44. The molecule has 0 spiro atoms. The number of ether oxygens (including phenoxy) is 1. The number of methoxy groups -OCH3 is 1. The Labute approximate surface area is 148 Å². The summed E-state index contributed by atoms with van der Waals surface area (Å²) in [7, 11) is 3.54. The molecule has 0 unspecified atom stereocenters. The van der Waals surface area contributed by atoms with Gasteiger partial charge in [0.05, 0.1) is 7.11 Å². The number of nitrogens with zero attached hydrogens (tertiary/aromatic N) is 1. The van der Waals surface area contributed by atoms with Crippen molar-refractivity contribution in [1.29, 1.82) is 0 Å². The van der Waals surface area contributed by atoms with Gasteiger partial charge >= 0.3 is 0 Å². The Balaban J connectivity index is 1.75. The molecule has 3 aromatic carbocycles. The number of rotatable bonds is 5. The van der Waals surface area contributed by atoms with Gasteiger partial charge in [0.1, 0.15) is 11.8 Å². The van der Waals surface area contributed by atoms with Gasteiger partial charge in [-0.05, 0) is 42.0 Å². The first kappa shape index (κ1) is 16.8. The molecule has 0 aliphatic carbocycles. The van der Waals surface area contributed by atoms with Crippen molar-refractivity contribution in [3.63, 3.8) is 0 Å². The number of hydrogen-bond donors (Lipinski definition) is 1. The highest BCUT2D eigenvalue weighted by Gasteiger charge is 2.19. The van der Waals surface area contributed by atoms with Gasteiger partial charge in [0.15, 0.2) is 0 Å². The molecule has 0 saturated heterocycles. The molecule has 4 heteroatoms. The van der Waals surface area contributed by atoms with Gasteiger partial charge in [0.25, 0.3) is 0 Å². The fourth-order valence-electron chi connectivity index (χ4n) is 2.74. The van der Waals surface area contributed by atoms with Crippen molar-refractivity contribution in [3.8, 4) is 5.75 Å². The fourth-order valence-corrected chi connectivity index (χ4v) is 2.74. The number of anilines is 2. The van der Waals surface area contributed by atoms with Gasteiger partial charge in [-0.25, -0.2) is 0 Å². The third-order valence-corrected chi connectivity index (χ3v) is 4.44. The highest BCUT2D eigenvalue weighted by atomic mass is 16.5. The number of hydrogen-bond acceptors (Lipinski definition) is 3. The van der Waals surface area contributed by atoms with Crippen LogP contribution in [-0.2, 0) is 4.79 Å². The first-order valence-electron chi connectivity index (χ1n) is 8.25. The zero-order valence-corrected chi connectivity index (χ0v) is 14.7. The average Bonchev–Trinajstić information content (AvgIpc) is 2.66. The van der Waals surface area contributed by atoms with Crippen LogP contribution in [0.25, 0.3) is 10.8 Å². The van der Waals surface area contributed by atoms with E-state index in [-0.39, 0.29) is 11.9 Å². The van der Waals surface area contributed by atoms with Gasteiger partial charge in [-0.1, -0.05) is 36.4 Å². The molecule has 3 rings (SSSR count). The Morgan fingerprint density at radius 2 is 1.76 bits per heavy atom. The summed E-state index contributed by atoms with van der Waals surface area (Å²) in [6.07, 6.45) is 0. The molecule has 1 amide bonds. The van der Waals surface area contributed by atoms with Gasteiger partial charge in [0, 0.05) is 24.5 Å². The van der Waals surface area contributed by atoms with Crippen molar-refractivity contribution in [2.45, 2.75) is 13.0 Å². The number of amides is 1. The van der Waals surface area contributed by atoms with E-state index in [0.29, 0.717) is 5.75 Å². The first-order chi connectivity index (χ1) is 12.1. The number of carbonyl (C=O) groups is 1. The summed E-state index contributed by atoms with van der Waals surface area (Å²) in [5.74, 6) is 0.650. The lowest BCUT2D eigenvalue weighted by atomic mass is 10.1. The van der Waals surface area contributed by atoms with Crippen molar-refractivity contribution in [1.82, 2.24) is 0 Å². The quantitative estimate of drug-likeness (QED) is 0.756. The molecule has 25 heavy (non-hydrogen) atoms. The van der Waals surface area contributed by atoms with Gasteiger partial charge < -0.3 is 15.0 Å². The number of nitrogens with one attached hydrogen (secondary N) is 1. The zero-order chi connectivity index (χ0) is 17.8. The molecular weight excluding hydrogens is 312 g/mol. The summed E-state index contributed by atoms with van der Waals surface area (Å²) in [6.45, 7) is 1.89. The Bertz CT molecular complexity index is 892. The largest absolute Gasteiger partial charge is 0.497 e. The van der Waals surface area contributed by atoms with Crippen LogP contribution in [-0.4, -0.2) is 26.1 Å². The SMILES string of the molecule is COc1cccc(NC(=O)[C@H](C)N(C)c2ccc3ccccc3c2)c1. The van der Waals surface area contributed by atoms with Gasteiger partial charge in [-0.3, -0.25) is 4.79 Å². The predicted octanol–water partition coefficient (Wildman–Crippen LogP) is 4.31. The van der Waals surface area contributed by atoms with Crippen molar-refractivity contribution < 1.29 is 9.53 Å². The van der Waals surface area contributed by atoms with E-state index in [0.717, 1.165) is 16.8 Å². The minimum atomic E-state index is -0.313. The van der Waals surface area contributed by atoms with Crippen LogP contribution in [0.3, 0.4) is 0 Å². The fraction of sp³-hybridized carbons (Fsp3) is 0.190. The van der Waals surface area contributed by atoms with Crippen molar-refractivity contribution >= 4 is 28.1 Å². The lowest BCUT2D eigenvalue weighted by Crippen LogP contribution is -2.39. The molecule has 128 valence electrons. The van der Waals surface area contributed by atoms with E-state index in [1.165, 1.54) is 5.39 Å². The maximum absolute atomic E-state index is 12.6. The molecule has 0 aromatic heterocycles. The molecular formula is C21H22N2O2. The van der Waals surface area contributed by atoms with E-state index in [2.05, 4.69) is 29.6 Å². The maximum Gasteiger partial charge on any atom is 0.246 e. The minimum absolute atomic E-state index is 0.0658. The Morgan fingerprint density at radius 3 is 2.52 bits per heavy atom. The number of likely N-dealkylation sites (N-methyl/N-ethyl adjacent to an activating group) is 1. The van der Waals surface area contributed by atoms with Crippen LogP contribution in [0.5, 0.6) is 5.75 Å². The third kappa shape index (κ3) is 3.74. The monoisotopic (exact) mass is 334 g/mol. The first-order valence-corrected chi connectivity index (χ1v) is 8.25. The van der Waals surface area contributed by atoms with Gasteiger partial charge in [0.2, 0.25) is 5.91 Å². The van der Waals surface area contributed by atoms with Crippen LogP contribution in [0.15, 0.2) is 66.7 Å². The second-order valence-electron chi connectivity index (χ2n) is 6.04. The van der Waals surface area contributed by atoms with E-state index < -0.39 is 0 Å². The van der Waals surface area contributed by atoms with Crippen LogP contribution < -0.4 is 15.0 Å². The molecule has 1 N–H and O–H groups in total. The Kier molecular flexibility index (Phi) is 4.89. The molecule has 0 aliphatic rings. The molecule has 0 bridgehead atoms. The van der Waals surface area contributed by atoms with E-state index in [4.69, 9.17) is 4.74 Å². The summed E-state index contributed by atoms with van der Waals surface area (Å²) in [5, 5.41) is 5.29. The molecule has 0 saturated carbocycles. The summed E-state index contributed by atoms with van der Waals surface area (Å²) >= 11 is 0. The number of benzene rings is 3. The molecule has 0 aliphatic heterocycles. The van der Waals surface area contributed by atoms with Crippen molar-refractivity contribution in [3.05, 3.63) is 66.7 Å². The molecule has 0 fully saturated rings. The zero-order valence-electron chi connectivity index (χ0n) is 14.7. The Morgan fingerprint density at radius 1 is 1.00 bits per heavy atom. The number of fused-ring (bicyclic) bond motifs is 1. The second-order valence-corrected chi connectivity index (χ2v) is 6.04. The summed E-state index contributed by atoms with van der Waals surface area (Å²) in [4.78, 5) is 14.6. The second kappa shape index (κ2) is 7.26. The smallest absolute Gasteiger partial charge is 0.246 e. The standard InChI is InChI=1S/C21H22N2O2/c1-15(21(24)22-18-9-6-10-20(14-18)25-3)23(2)19-12-11-16-7-4-5-8-17(16)13-19/h4-15H,1-3H3,(H,22,24)/t15-/m0/s1. The molecule has 0 heterocycles. The highest BCUT2D eigenvalue weighted by molar-refractivity contribution is 5.97.